The summed E-state index contributed by atoms with van der Waals surface area (Å²) in [6, 6.07) is 7.23. The summed E-state index contributed by atoms with van der Waals surface area (Å²) in [5.41, 5.74) is 1.17. The second-order valence-electron chi connectivity index (χ2n) is 5.43. The third-order valence-electron chi connectivity index (χ3n) is 3.74. The number of benzene rings is 1. The molecule has 1 amide bonds. The van der Waals surface area contributed by atoms with Crippen LogP contribution in [0.3, 0.4) is 0 Å². The van der Waals surface area contributed by atoms with Crippen LogP contribution < -0.4 is 5.69 Å². The Hall–Kier alpha value is -2.57. The van der Waals surface area contributed by atoms with E-state index in [1.807, 2.05) is 12.1 Å². The second-order valence-corrected chi connectivity index (χ2v) is 5.43. The van der Waals surface area contributed by atoms with Crippen LogP contribution in [0.2, 0.25) is 0 Å². The number of carbonyl (C=O) groups is 2. The summed E-state index contributed by atoms with van der Waals surface area (Å²) >= 11 is 0. The maximum atomic E-state index is 12.2. The van der Waals surface area contributed by atoms with E-state index in [-0.39, 0.29) is 24.7 Å². The minimum Gasteiger partial charge on any atom is -0.481 e. The Bertz CT molecular complexity index is 775. The number of nitrogens with zero attached hydrogens (tertiary/aromatic N) is 3. The third-order valence-corrected chi connectivity index (χ3v) is 3.74. The van der Waals surface area contributed by atoms with Gasteiger partial charge < -0.3 is 10.0 Å². The summed E-state index contributed by atoms with van der Waals surface area (Å²) in [5, 5.41) is 8.89. The van der Waals surface area contributed by atoms with Crippen LogP contribution in [0.15, 0.2) is 29.1 Å². The van der Waals surface area contributed by atoms with Crippen LogP contribution in [0.4, 0.5) is 0 Å². The van der Waals surface area contributed by atoms with Gasteiger partial charge in [-0.25, -0.2) is 4.79 Å². The summed E-state index contributed by atoms with van der Waals surface area (Å²) < 4.78 is 2.89. The number of aromatic nitrogens is 2. The molecule has 1 heterocycles. The Morgan fingerprint density at radius 3 is 2.45 bits per heavy atom. The van der Waals surface area contributed by atoms with Crippen LogP contribution in [0.1, 0.15) is 6.92 Å². The first-order valence-corrected chi connectivity index (χ1v) is 6.94. The molecule has 2 aromatic rings. The number of carbonyl (C=O) groups excluding carboxylic acids is 1. The Morgan fingerprint density at radius 1 is 1.27 bits per heavy atom. The lowest BCUT2D eigenvalue weighted by molar-refractivity contribution is -0.142. The second kappa shape index (κ2) is 6.05. The maximum Gasteiger partial charge on any atom is 0.329 e. The normalized spacial score (nSPS) is 12.3. The van der Waals surface area contributed by atoms with E-state index in [1.165, 1.54) is 28.0 Å². The van der Waals surface area contributed by atoms with Gasteiger partial charge in [-0.05, 0) is 12.1 Å². The number of carboxylic acid groups (broad SMARTS) is 1. The zero-order valence-corrected chi connectivity index (χ0v) is 12.8. The van der Waals surface area contributed by atoms with Crippen molar-refractivity contribution < 1.29 is 14.7 Å². The third kappa shape index (κ3) is 2.88. The summed E-state index contributed by atoms with van der Waals surface area (Å²) in [5.74, 6) is -1.91. The van der Waals surface area contributed by atoms with Gasteiger partial charge in [-0.1, -0.05) is 19.1 Å². The lowest BCUT2D eigenvalue weighted by Gasteiger charge is -2.19. The van der Waals surface area contributed by atoms with Crippen molar-refractivity contribution in [2.75, 3.05) is 13.6 Å². The molecule has 7 heteroatoms. The number of fused-ring (bicyclic) bond motifs is 1. The molecular weight excluding hydrogens is 286 g/mol. The van der Waals surface area contributed by atoms with Gasteiger partial charge in [0.25, 0.3) is 0 Å². The van der Waals surface area contributed by atoms with E-state index in [0.29, 0.717) is 5.52 Å². The number of amides is 1. The molecule has 1 aromatic heterocycles. The SMILES string of the molecule is CC(CN(C)C(=O)Cn1c(=O)n(C)c2ccccc21)C(=O)O. The first-order valence-electron chi connectivity index (χ1n) is 6.94. The van der Waals surface area contributed by atoms with Gasteiger partial charge >= 0.3 is 11.7 Å². The van der Waals surface area contributed by atoms with Crippen molar-refractivity contribution in [2.45, 2.75) is 13.5 Å². The van der Waals surface area contributed by atoms with Gasteiger partial charge in [0.05, 0.1) is 17.0 Å². The molecule has 1 atom stereocenters. The van der Waals surface area contributed by atoms with Crippen LogP contribution >= 0.6 is 0 Å². The summed E-state index contributed by atoms with van der Waals surface area (Å²) in [6.45, 7) is 1.53. The first-order chi connectivity index (χ1) is 10.3. The molecular formula is C15H19N3O4. The minimum atomic E-state index is -0.957. The fourth-order valence-electron chi connectivity index (χ4n) is 2.36. The Kier molecular flexibility index (Phi) is 4.35. The predicted octanol–water partition coefficient (Wildman–Crippen LogP) is 0.519. The summed E-state index contributed by atoms with van der Waals surface area (Å²) in [7, 11) is 3.19. The van der Waals surface area contributed by atoms with Gasteiger partial charge in [-0.2, -0.15) is 0 Å². The molecule has 0 aliphatic rings. The lowest BCUT2D eigenvalue weighted by Crippen LogP contribution is -2.37. The van der Waals surface area contributed by atoms with Crippen molar-refractivity contribution in [1.29, 1.82) is 0 Å². The molecule has 1 aromatic carbocycles. The van der Waals surface area contributed by atoms with E-state index in [2.05, 4.69) is 0 Å². The molecule has 0 radical (unpaired) electrons. The molecule has 2 rings (SSSR count). The van der Waals surface area contributed by atoms with Gasteiger partial charge in [0.1, 0.15) is 6.54 Å². The van der Waals surface area contributed by atoms with E-state index in [1.54, 1.807) is 19.2 Å². The van der Waals surface area contributed by atoms with E-state index in [0.717, 1.165) is 5.52 Å². The molecule has 0 aliphatic heterocycles. The van der Waals surface area contributed by atoms with Crippen molar-refractivity contribution in [1.82, 2.24) is 14.0 Å². The fraction of sp³-hybridized carbons (Fsp3) is 0.400. The van der Waals surface area contributed by atoms with Crippen molar-refractivity contribution >= 4 is 22.9 Å². The van der Waals surface area contributed by atoms with Crippen molar-refractivity contribution in [3.05, 3.63) is 34.7 Å². The van der Waals surface area contributed by atoms with E-state index in [4.69, 9.17) is 5.11 Å². The topological polar surface area (TPSA) is 84.5 Å². The Morgan fingerprint density at radius 2 is 1.86 bits per heavy atom. The zero-order chi connectivity index (χ0) is 16.4. The van der Waals surface area contributed by atoms with Gasteiger partial charge in [0.2, 0.25) is 5.91 Å². The van der Waals surface area contributed by atoms with Crippen LogP contribution in [0.5, 0.6) is 0 Å². The maximum absolute atomic E-state index is 12.2. The number of aryl methyl sites for hydroxylation is 1. The number of hydrogen-bond acceptors (Lipinski definition) is 3. The fourth-order valence-corrected chi connectivity index (χ4v) is 2.36. The van der Waals surface area contributed by atoms with Crippen molar-refractivity contribution in [3.8, 4) is 0 Å². The lowest BCUT2D eigenvalue weighted by atomic mass is 10.2. The highest BCUT2D eigenvalue weighted by atomic mass is 16.4. The number of para-hydroxylation sites is 2. The zero-order valence-electron chi connectivity index (χ0n) is 12.8. The number of imidazole rings is 1. The number of hydrogen-bond donors (Lipinski definition) is 1. The molecule has 7 nitrogen and oxygen atoms in total. The molecule has 0 bridgehead atoms. The van der Waals surface area contributed by atoms with Gasteiger partial charge in [-0.3, -0.25) is 18.7 Å². The molecule has 118 valence electrons. The monoisotopic (exact) mass is 305 g/mol. The molecule has 0 saturated heterocycles. The predicted molar refractivity (Wildman–Crippen MR) is 81.6 cm³/mol. The van der Waals surface area contributed by atoms with E-state index in [9.17, 15) is 14.4 Å². The van der Waals surface area contributed by atoms with Crippen LogP contribution in [0.25, 0.3) is 11.0 Å². The molecule has 22 heavy (non-hydrogen) atoms. The Labute approximate surface area is 127 Å². The number of rotatable bonds is 5. The number of likely N-dealkylation sites (N-methyl/N-ethyl adjacent to an activating group) is 1. The van der Waals surface area contributed by atoms with Crippen molar-refractivity contribution in [2.24, 2.45) is 13.0 Å². The standard InChI is InChI=1S/C15H19N3O4/c1-10(14(20)21)8-16(2)13(19)9-18-12-7-5-4-6-11(12)17(3)15(18)22/h4-7,10H,8-9H2,1-3H3,(H,20,21). The van der Waals surface area contributed by atoms with Gasteiger partial charge in [0, 0.05) is 20.6 Å². The van der Waals surface area contributed by atoms with Gasteiger partial charge in [-0.15, -0.1) is 0 Å². The average molecular weight is 305 g/mol. The minimum absolute atomic E-state index is 0.105. The van der Waals surface area contributed by atoms with Crippen LogP contribution in [-0.4, -0.2) is 44.6 Å². The number of carboxylic acids is 1. The Balaban J connectivity index is 2.24. The summed E-state index contributed by atoms with van der Waals surface area (Å²) in [4.78, 5) is 36.7. The summed E-state index contributed by atoms with van der Waals surface area (Å²) in [6.07, 6.45) is 0. The molecule has 0 spiro atoms. The number of aliphatic carboxylic acids is 1. The average Bonchev–Trinajstić information content (AvgIpc) is 2.72. The molecule has 1 N–H and O–H groups in total. The van der Waals surface area contributed by atoms with E-state index < -0.39 is 11.9 Å². The largest absolute Gasteiger partial charge is 0.481 e. The molecule has 1 unspecified atom stereocenters. The van der Waals surface area contributed by atoms with Crippen LogP contribution in [0, 0.1) is 5.92 Å². The molecule has 0 saturated carbocycles. The molecule has 0 aliphatic carbocycles. The van der Waals surface area contributed by atoms with Gasteiger partial charge in [0.15, 0.2) is 0 Å². The highest BCUT2D eigenvalue weighted by Gasteiger charge is 2.19. The molecule has 0 fully saturated rings. The highest BCUT2D eigenvalue weighted by Crippen LogP contribution is 2.11. The highest BCUT2D eigenvalue weighted by molar-refractivity contribution is 5.81. The van der Waals surface area contributed by atoms with E-state index >= 15 is 0 Å². The smallest absolute Gasteiger partial charge is 0.329 e. The quantitative estimate of drug-likeness (QED) is 0.872. The van der Waals surface area contributed by atoms with Crippen LogP contribution in [-0.2, 0) is 23.2 Å². The van der Waals surface area contributed by atoms with Crippen molar-refractivity contribution in [3.63, 3.8) is 0 Å². The first kappa shape index (κ1) is 15.8.